The molecule has 0 spiro atoms. The standard InChI is InChI=1S/C37H39F2N5O4/c1-36(2,3)48-35(46)42-25-15-26-9-10-27(16-25)44(26)34(45)22-8-11-28(29(12-22)21-6-7-23(18-40)31(38)14-21)30-13-24-19-41-43(20-37(4,5)47)33(24)17-32(30)39/h6-8,11-14,17,19,25-27,47H,9-10,15-16,20H2,1-5H3,(H,42,46)/t25-,26+,27-. The van der Waals surface area contributed by atoms with Crippen LogP contribution in [0.5, 0.6) is 0 Å². The number of benzene rings is 3. The van der Waals surface area contributed by atoms with Crippen LogP contribution in [-0.2, 0) is 11.3 Å². The lowest BCUT2D eigenvalue weighted by Gasteiger charge is -2.39. The number of hydrogen-bond donors (Lipinski definition) is 2. The van der Waals surface area contributed by atoms with E-state index in [4.69, 9.17) is 4.74 Å². The van der Waals surface area contributed by atoms with Crippen LogP contribution in [0.3, 0.4) is 0 Å². The van der Waals surface area contributed by atoms with Crippen molar-refractivity contribution in [2.45, 2.75) is 96.2 Å². The van der Waals surface area contributed by atoms with Crippen LogP contribution in [0.2, 0.25) is 0 Å². The molecule has 0 unspecified atom stereocenters. The van der Waals surface area contributed by atoms with E-state index < -0.39 is 28.9 Å². The van der Waals surface area contributed by atoms with Gasteiger partial charge in [-0.15, -0.1) is 0 Å². The molecule has 2 N–H and O–H groups in total. The molecule has 4 aromatic rings. The van der Waals surface area contributed by atoms with Gasteiger partial charge in [-0.25, -0.2) is 13.6 Å². The summed E-state index contributed by atoms with van der Waals surface area (Å²) < 4.78 is 37.8. The Hall–Kier alpha value is -4.82. The molecular formula is C37H39F2N5O4. The molecule has 6 rings (SSSR count). The lowest BCUT2D eigenvalue weighted by Crippen LogP contribution is -2.53. The molecule has 1 aromatic heterocycles. The van der Waals surface area contributed by atoms with Gasteiger partial charge in [-0.3, -0.25) is 9.48 Å². The zero-order chi connectivity index (χ0) is 34.5. The Morgan fingerprint density at radius 2 is 1.69 bits per heavy atom. The molecule has 0 radical (unpaired) electrons. The first-order valence-corrected chi connectivity index (χ1v) is 16.1. The highest BCUT2D eigenvalue weighted by atomic mass is 19.1. The van der Waals surface area contributed by atoms with Gasteiger partial charge < -0.3 is 20.1 Å². The third kappa shape index (κ3) is 6.76. The third-order valence-electron chi connectivity index (χ3n) is 8.91. The van der Waals surface area contributed by atoms with Crippen molar-refractivity contribution >= 4 is 22.9 Å². The number of ether oxygens (including phenoxy) is 1. The molecule has 2 bridgehead atoms. The minimum absolute atomic E-state index is 0.0769. The number of aliphatic hydroxyl groups is 1. The number of alkyl carbamates (subject to hydrolysis) is 1. The van der Waals surface area contributed by atoms with E-state index in [0.717, 1.165) is 12.8 Å². The molecule has 0 saturated carbocycles. The predicted octanol–water partition coefficient (Wildman–Crippen LogP) is 6.95. The molecule has 2 aliphatic heterocycles. The first-order valence-electron chi connectivity index (χ1n) is 16.1. The van der Waals surface area contributed by atoms with E-state index in [-0.39, 0.29) is 41.7 Å². The van der Waals surface area contributed by atoms with Crippen molar-refractivity contribution in [2.75, 3.05) is 0 Å². The monoisotopic (exact) mass is 655 g/mol. The molecule has 3 atom stereocenters. The maximum Gasteiger partial charge on any atom is 0.407 e. The zero-order valence-electron chi connectivity index (χ0n) is 27.7. The minimum Gasteiger partial charge on any atom is -0.444 e. The molecule has 48 heavy (non-hydrogen) atoms. The Morgan fingerprint density at radius 1 is 0.979 bits per heavy atom. The fourth-order valence-electron chi connectivity index (χ4n) is 6.97. The number of nitriles is 1. The summed E-state index contributed by atoms with van der Waals surface area (Å²) in [5.74, 6) is -1.46. The summed E-state index contributed by atoms with van der Waals surface area (Å²) in [7, 11) is 0. The largest absolute Gasteiger partial charge is 0.444 e. The number of halogens is 2. The zero-order valence-corrected chi connectivity index (χ0v) is 27.7. The first kappa shape index (κ1) is 33.1. The highest BCUT2D eigenvalue weighted by Crippen LogP contribution is 2.40. The number of aromatic nitrogens is 2. The number of fused-ring (bicyclic) bond motifs is 3. The molecule has 3 aromatic carbocycles. The lowest BCUT2D eigenvalue weighted by atomic mass is 9.90. The molecular weight excluding hydrogens is 616 g/mol. The van der Waals surface area contributed by atoms with Crippen LogP contribution in [0, 0.1) is 23.0 Å². The number of nitrogens with one attached hydrogen (secondary N) is 1. The Labute approximate surface area is 278 Å². The number of nitrogens with zero attached hydrogens (tertiary/aromatic N) is 4. The van der Waals surface area contributed by atoms with Crippen molar-refractivity contribution in [3.05, 3.63) is 77.5 Å². The molecule has 3 heterocycles. The van der Waals surface area contributed by atoms with E-state index in [1.807, 2.05) is 31.7 Å². The third-order valence-corrected chi connectivity index (χ3v) is 8.91. The SMILES string of the molecule is CC(C)(O)Cn1ncc2cc(-c3ccc(C(=O)N4[C@@H]5CC[C@H]4C[C@@H](NC(=O)OC(C)(C)C)C5)cc3-c3ccc(C#N)c(F)c3)c(F)cc21. The maximum absolute atomic E-state index is 15.9. The number of carbonyl (C=O) groups excluding carboxylic acids is 2. The Bertz CT molecular complexity index is 1940. The summed E-state index contributed by atoms with van der Waals surface area (Å²) >= 11 is 0. The second-order valence-electron chi connectivity index (χ2n) is 14.5. The molecule has 0 aliphatic carbocycles. The fourth-order valence-corrected chi connectivity index (χ4v) is 6.97. The second-order valence-corrected chi connectivity index (χ2v) is 14.5. The highest BCUT2D eigenvalue weighted by Gasteiger charge is 2.44. The Kier molecular flexibility index (Phi) is 8.50. The number of amides is 2. The van der Waals surface area contributed by atoms with Gasteiger partial charge in [-0.1, -0.05) is 12.1 Å². The van der Waals surface area contributed by atoms with Gasteiger partial charge in [-0.2, -0.15) is 10.4 Å². The molecule has 250 valence electrons. The van der Waals surface area contributed by atoms with Gasteiger partial charge in [-0.05, 0) is 107 Å². The summed E-state index contributed by atoms with van der Waals surface area (Å²) in [5.41, 5.74) is 0.564. The number of carbonyl (C=O) groups is 2. The second kappa shape index (κ2) is 12.3. The Morgan fingerprint density at radius 3 is 2.31 bits per heavy atom. The summed E-state index contributed by atoms with van der Waals surface area (Å²) in [5, 5.41) is 27.6. The van der Waals surface area contributed by atoms with Gasteiger partial charge in [0.1, 0.15) is 23.3 Å². The van der Waals surface area contributed by atoms with Gasteiger partial charge in [0.15, 0.2) is 0 Å². The summed E-state index contributed by atoms with van der Waals surface area (Å²) in [6.45, 7) is 8.88. The normalized spacial score (nSPS) is 19.3. The number of piperidine rings is 1. The number of rotatable bonds is 6. The molecule has 9 nitrogen and oxygen atoms in total. The van der Waals surface area contributed by atoms with Gasteiger partial charge in [0.25, 0.3) is 5.91 Å². The van der Waals surface area contributed by atoms with Crippen LogP contribution < -0.4 is 5.32 Å². The quantitative estimate of drug-likeness (QED) is 0.232. The predicted molar refractivity (Wildman–Crippen MR) is 177 cm³/mol. The van der Waals surface area contributed by atoms with Crippen LogP contribution in [-0.4, -0.2) is 61.1 Å². The van der Waals surface area contributed by atoms with Crippen LogP contribution >= 0.6 is 0 Å². The van der Waals surface area contributed by atoms with Crippen molar-refractivity contribution in [1.82, 2.24) is 20.0 Å². The minimum atomic E-state index is -1.06. The van der Waals surface area contributed by atoms with Gasteiger partial charge >= 0.3 is 6.09 Å². The smallest absolute Gasteiger partial charge is 0.407 e. The van der Waals surface area contributed by atoms with E-state index >= 15 is 4.39 Å². The van der Waals surface area contributed by atoms with Gasteiger partial charge in [0.05, 0.1) is 29.4 Å². The van der Waals surface area contributed by atoms with Gasteiger partial charge in [0.2, 0.25) is 0 Å². The summed E-state index contributed by atoms with van der Waals surface area (Å²) in [6, 6.07) is 13.7. The van der Waals surface area contributed by atoms with E-state index in [9.17, 15) is 24.3 Å². The average Bonchev–Trinajstić information content (AvgIpc) is 3.50. The van der Waals surface area contributed by atoms with Crippen LogP contribution in [0.25, 0.3) is 33.2 Å². The first-order chi connectivity index (χ1) is 22.6. The molecule has 2 saturated heterocycles. The van der Waals surface area contributed by atoms with Crippen molar-refractivity contribution in [3.8, 4) is 28.3 Å². The summed E-state index contributed by atoms with van der Waals surface area (Å²) in [4.78, 5) is 28.4. The average molecular weight is 656 g/mol. The molecule has 2 fully saturated rings. The highest BCUT2D eigenvalue weighted by molar-refractivity contribution is 5.99. The summed E-state index contributed by atoms with van der Waals surface area (Å²) in [6.07, 6.45) is 3.93. The van der Waals surface area contributed by atoms with Gasteiger partial charge in [0, 0.05) is 40.7 Å². The van der Waals surface area contributed by atoms with E-state index in [1.54, 1.807) is 55.1 Å². The van der Waals surface area contributed by atoms with Crippen LogP contribution in [0.4, 0.5) is 13.6 Å². The maximum atomic E-state index is 15.9. The van der Waals surface area contributed by atoms with E-state index in [2.05, 4.69) is 10.4 Å². The van der Waals surface area contributed by atoms with Crippen molar-refractivity contribution in [2.24, 2.45) is 0 Å². The number of hydrogen-bond acceptors (Lipinski definition) is 6. The van der Waals surface area contributed by atoms with Crippen LogP contribution in [0.15, 0.2) is 54.7 Å². The molecule has 2 aliphatic rings. The van der Waals surface area contributed by atoms with E-state index in [0.29, 0.717) is 46.0 Å². The Balaban J connectivity index is 1.35. The molecule has 2 amide bonds. The lowest BCUT2D eigenvalue weighted by molar-refractivity contribution is 0.0417. The molecule has 11 heteroatoms. The van der Waals surface area contributed by atoms with E-state index in [1.165, 1.54) is 18.2 Å². The topological polar surface area (TPSA) is 120 Å². The fraction of sp³-hybridized carbons (Fsp3) is 0.405. The van der Waals surface area contributed by atoms with Crippen molar-refractivity contribution < 1.29 is 28.2 Å². The van der Waals surface area contributed by atoms with Crippen molar-refractivity contribution in [1.29, 1.82) is 5.26 Å². The van der Waals surface area contributed by atoms with Crippen LogP contribution in [0.1, 0.15) is 76.2 Å². The van der Waals surface area contributed by atoms with Crippen molar-refractivity contribution in [3.63, 3.8) is 0 Å².